The summed E-state index contributed by atoms with van der Waals surface area (Å²) in [5, 5.41) is 0. The minimum Gasteiger partial charge on any atom is -0.497 e. The van der Waals surface area contributed by atoms with Crippen molar-refractivity contribution in [3.63, 3.8) is 0 Å². The van der Waals surface area contributed by atoms with Crippen molar-refractivity contribution >= 4 is 5.91 Å². The van der Waals surface area contributed by atoms with E-state index in [1.54, 1.807) is 28.3 Å². The second kappa shape index (κ2) is 9.86. The first-order chi connectivity index (χ1) is 16.0. The molecule has 0 unspecified atom stereocenters. The molecule has 0 bridgehead atoms. The Hall–Kier alpha value is -3.67. The number of hydrogen-bond acceptors (Lipinski definition) is 5. The first kappa shape index (κ1) is 22.5. The molecule has 1 amide bonds. The number of amides is 1. The van der Waals surface area contributed by atoms with Crippen LogP contribution < -0.4 is 18.9 Å². The first-order valence-electron chi connectivity index (χ1n) is 11.0. The van der Waals surface area contributed by atoms with E-state index in [1.165, 1.54) is 0 Å². The highest BCUT2D eigenvalue weighted by atomic mass is 16.5. The van der Waals surface area contributed by atoms with Gasteiger partial charge in [-0.2, -0.15) is 0 Å². The number of fused-ring (bicyclic) bond motifs is 1. The molecular weight excluding hydrogens is 418 g/mol. The number of para-hydroxylation sites is 1. The molecule has 172 valence electrons. The number of carbonyl (C=O) groups is 1. The monoisotopic (exact) mass is 447 g/mol. The fourth-order valence-electron chi connectivity index (χ4n) is 4.32. The third kappa shape index (κ3) is 4.60. The molecule has 0 aliphatic carbocycles. The van der Waals surface area contributed by atoms with E-state index in [4.69, 9.17) is 18.9 Å². The van der Waals surface area contributed by atoms with E-state index < -0.39 is 6.10 Å². The van der Waals surface area contributed by atoms with Crippen molar-refractivity contribution < 1.29 is 23.7 Å². The van der Waals surface area contributed by atoms with Gasteiger partial charge in [0.15, 0.2) is 17.6 Å². The van der Waals surface area contributed by atoms with Gasteiger partial charge in [0.25, 0.3) is 5.91 Å². The molecule has 3 aromatic rings. The summed E-state index contributed by atoms with van der Waals surface area (Å²) in [5.41, 5.74) is 3.14. The van der Waals surface area contributed by atoms with Gasteiger partial charge in [-0.25, -0.2) is 0 Å². The van der Waals surface area contributed by atoms with Crippen molar-refractivity contribution in [2.45, 2.75) is 25.5 Å². The van der Waals surface area contributed by atoms with Gasteiger partial charge in [-0.1, -0.05) is 30.3 Å². The Morgan fingerprint density at radius 2 is 1.55 bits per heavy atom. The minimum absolute atomic E-state index is 0.0693. The highest BCUT2D eigenvalue weighted by Gasteiger charge is 2.35. The SMILES string of the molecule is COc1ccc([C@@H]2c3cc(OC)c(OC)cc3CCN2C(=O)[C@H](C)Oc2ccccc2)cc1. The van der Waals surface area contributed by atoms with Crippen LogP contribution in [0.25, 0.3) is 0 Å². The Morgan fingerprint density at radius 1 is 0.879 bits per heavy atom. The van der Waals surface area contributed by atoms with Gasteiger partial charge in [-0.05, 0) is 66.4 Å². The number of ether oxygens (including phenoxy) is 4. The van der Waals surface area contributed by atoms with Crippen LogP contribution >= 0.6 is 0 Å². The molecule has 1 aliphatic heterocycles. The quantitative estimate of drug-likeness (QED) is 0.528. The first-order valence-corrected chi connectivity index (χ1v) is 11.0. The smallest absolute Gasteiger partial charge is 0.264 e. The molecule has 6 nitrogen and oxygen atoms in total. The maximum atomic E-state index is 13.6. The van der Waals surface area contributed by atoms with E-state index in [0.717, 1.165) is 22.4 Å². The molecule has 0 saturated carbocycles. The third-order valence-corrected chi connectivity index (χ3v) is 5.99. The summed E-state index contributed by atoms with van der Waals surface area (Å²) in [5.74, 6) is 2.69. The molecule has 0 aromatic heterocycles. The van der Waals surface area contributed by atoms with E-state index in [2.05, 4.69) is 0 Å². The van der Waals surface area contributed by atoms with Gasteiger partial charge in [0, 0.05) is 6.54 Å². The van der Waals surface area contributed by atoms with Crippen LogP contribution in [0.4, 0.5) is 0 Å². The second-order valence-corrected chi connectivity index (χ2v) is 7.94. The molecule has 6 heteroatoms. The molecule has 2 atom stereocenters. The molecule has 0 spiro atoms. The Bertz CT molecular complexity index is 1100. The van der Waals surface area contributed by atoms with E-state index >= 15 is 0 Å². The van der Waals surface area contributed by atoms with Crippen LogP contribution in [0, 0.1) is 0 Å². The van der Waals surface area contributed by atoms with Crippen molar-refractivity contribution in [1.82, 2.24) is 4.90 Å². The van der Waals surface area contributed by atoms with Gasteiger partial charge >= 0.3 is 0 Å². The molecule has 0 saturated heterocycles. The number of rotatable bonds is 7. The van der Waals surface area contributed by atoms with Crippen LogP contribution in [0.15, 0.2) is 66.7 Å². The van der Waals surface area contributed by atoms with Gasteiger partial charge in [0.2, 0.25) is 0 Å². The van der Waals surface area contributed by atoms with Crippen LogP contribution in [0.2, 0.25) is 0 Å². The summed E-state index contributed by atoms with van der Waals surface area (Å²) in [6, 6.07) is 20.9. The highest BCUT2D eigenvalue weighted by molar-refractivity contribution is 5.82. The maximum Gasteiger partial charge on any atom is 0.264 e. The van der Waals surface area contributed by atoms with E-state index in [-0.39, 0.29) is 11.9 Å². The minimum atomic E-state index is -0.630. The topological polar surface area (TPSA) is 57.2 Å². The second-order valence-electron chi connectivity index (χ2n) is 7.94. The molecule has 1 heterocycles. The Labute approximate surface area is 194 Å². The van der Waals surface area contributed by atoms with Gasteiger partial charge in [0.05, 0.1) is 27.4 Å². The zero-order chi connectivity index (χ0) is 23.4. The Balaban J connectivity index is 1.73. The predicted molar refractivity (Wildman–Crippen MR) is 126 cm³/mol. The number of carbonyl (C=O) groups excluding carboxylic acids is 1. The van der Waals surface area contributed by atoms with Crippen molar-refractivity contribution in [2.24, 2.45) is 0 Å². The lowest BCUT2D eigenvalue weighted by Gasteiger charge is -2.39. The molecule has 0 radical (unpaired) electrons. The van der Waals surface area contributed by atoms with Crippen molar-refractivity contribution in [3.05, 3.63) is 83.4 Å². The van der Waals surface area contributed by atoms with Gasteiger partial charge in [-0.15, -0.1) is 0 Å². The summed E-state index contributed by atoms with van der Waals surface area (Å²) in [7, 11) is 4.89. The van der Waals surface area contributed by atoms with Crippen LogP contribution in [0.1, 0.15) is 29.7 Å². The lowest BCUT2D eigenvalue weighted by atomic mass is 9.87. The van der Waals surface area contributed by atoms with Crippen LogP contribution in [-0.2, 0) is 11.2 Å². The fraction of sp³-hybridized carbons (Fsp3) is 0.296. The van der Waals surface area contributed by atoms with Gasteiger partial charge in [0.1, 0.15) is 11.5 Å². The lowest BCUT2D eigenvalue weighted by molar-refractivity contribution is -0.140. The standard InChI is InChI=1S/C27H29NO5/c1-18(33-22-8-6-5-7-9-22)27(29)28-15-14-20-16-24(31-3)25(32-4)17-23(20)26(28)19-10-12-21(30-2)13-11-19/h5-13,16-18,26H,14-15H2,1-4H3/t18-,26+/m0/s1. The van der Waals surface area contributed by atoms with E-state index in [0.29, 0.717) is 30.2 Å². The normalized spacial score (nSPS) is 15.9. The predicted octanol–water partition coefficient (Wildman–Crippen LogP) is 4.65. The summed E-state index contributed by atoms with van der Waals surface area (Å²) in [6.07, 6.45) is 0.0846. The average Bonchev–Trinajstić information content (AvgIpc) is 2.87. The number of nitrogens with zero attached hydrogens (tertiary/aromatic N) is 1. The van der Waals surface area contributed by atoms with Gasteiger partial charge < -0.3 is 23.8 Å². The Morgan fingerprint density at radius 3 is 2.18 bits per heavy atom. The summed E-state index contributed by atoms with van der Waals surface area (Å²) in [4.78, 5) is 15.5. The molecule has 0 fully saturated rings. The van der Waals surface area contributed by atoms with Crippen molar-refractivity contribution in [1.29, 1.82) is 0 Å². The molecule has 33 heavy (non-hydrogen) atoms. The number of hydrogen-bond donors (Lipinski definition) is 0. The summed E-state index contributed by atoms with van der Waals surface area (Å²) in [6.45, 7) is 2.37. The summed E-state index contributed by atoms with van der Waals surface area (Å²) >= 11 is 0. The van der Waals surface area contributed by atoms with E-state index in [9.17, 15) is 4.79 Å². The van der Waals surface area contributed by atoms with Crippen molar-refractivity contribution in [2.75, 3.05) is 27.9 Å². The lowest BCUT2D eigenvalue weighted by Crippen LogP contribution is -2.46. The zero-order valence-electron chi connectivity index (χ0n) is 19.4. The van der Waals surface area contributed by atoms with E-state index in [1.807, 2.05) is 71.6 Å². The molecule has 3 aromatic carbocycles. The summed E-state index contributed by atoms with van der Waals surface area (Å²) < 4.78 is 22.4. The fourth-order valence-corrected chi connectivity index (χ4v) is 4.32. The molecule has 1 aliphatic rings. The third-order valence-electron chi connectivity index (χ3n) is 5.99. The molecule has 0 N–H and O–H groups in total. The van der Waals surface area contributed by atoms with Crippen LogP contribution in [-0.4, -0.2) is 44.8 Å². The van der Waals surface area contributed by atoms with Crippen molar-refractivity contribution in [3.8, 4) is 23.0 Å². The maximum absolute atomic E-state index is 13.6. The molecule has 4 rings (SSSR count). The molecular formula is C27H29NO5. The number of methoxy groups -OCH3 is 3. The largest absolute Gasteiger partial charge is 0.497 e. The zero-order valence-corrected chi connectivity index (χ0v) is 19.4. The van der Waals surface area contributed by atoms with Gasteiger partial charge in [-0.3, -0.25) is 4.79 Å². The Kier molecular flexibility index (Phi) is 6.73. The highest BCUT2D eigenvalue weighted by Crippen LogP contribution is 2.41. The average molecular weight is 448 g/mol. The van der Waals surface area contributed by atoms with Crippen LogP contribution in [0.5, 0.6) is 23.0 Å². The number of benzene rings is 3. The van der Waals surface area contributed by atoms with Crippen LogP contribution in [0.3, 0.4) is 0 Å².